The molecule has 3 atom stereocenters. The number of carbonyl (C=O) groups excluding carboxylic acids is 1. The molecule has 1 saturated heterocycles. The highest BCUT2D eigenvalue weighted by molar-refractivity contribution is 5.68. The van der Waals surface area contributed by atoms with Crippen molar-refractivity contribution in [3.05, 3.63) is 12.2 Å². The molecule has 0 aromatic carbocycles. The monoisotopic (exact) mass is 252 g/mol. The summed E-state index contributed by atoms with van der Waals surface area (Å²) in [5, 5.41) is 6.45. The SMILES string of the molecule is CC(C)(C)OC(=O)NC1CC=CC2CNCC21C. The van der Waals surface area contributed by atoms with Crippen molar-refractivity contribution >= 4 is 6.09 Å². The number of fused-ring (bicyclic) bond motifs is 1. The van der Waals surface area contributed by atoms with E-state index in [1.807, 2.05) is 20.8 Å². The largest absolute Gasteiger partial charge is 0.444 e. The zero-order valence-corrected chi connectivity index (χ0v) is 11.7. The number of ether oxygens (including phenoxy) is 1. The lowest BCUT2D eigenvalue weighted by atomic mass is 9.69. The summed E-state index contributed by atoms with van der Waals surface area (Å²) in [6, 6.07) is 0.150. The van der Waals surface area contributed by atoms with Gasteiger partial charge in [-0.15, -0.1) is 0 Å². The molecule has 0 aromatic heterocycles. The zero-order chi connectivity index (χ0) is 13.4. The number of alkyl carbamates (subject to hydrolysis) is 1. The van der Waals surface area contributed by atoms with Crippen LogP contribution in [0.15, 0.2) is 12.2 Å². The van der Waals surface area contributed by atoms with Crippen LogP contribution in [-0.4, -0.2) is 30.8 Å². The summed E-state index contributed by atoms with van der Waals surface area (Å²) in [5.41, 5.74) is -0.339. The standard InChI is InChI=1S/C14H24N2O2/c1-13(2,3)18-12(17)16-11-7-5-6-10-8-15-9-14(10,11)4/h5-6,10-11,15H,7-9H2,1-4H3,(H,16,17). The van der Waals surface area contributed by atoms with Crippen molar-refractivity contribution in [2.24, 2.45) is 11.3 Å². The Morgan fingerprint density at radius 1 is 1.50 bits per heavy atom. The second-order valence-electron chi connectivity index (χ2n) is 6.61. The Balaban J connectivity index is 2.01. The van der Waals surface area contributed by atoms with E-state index in [1.54, 1.807) is 0 Å². The van der Waals surface area contributed by atoms with Gasteiger partial charge in [-0.05, 0) is 33.1 Å². The van der Waals surface area contributed by atoms with Gasteiger partial charge in [-0.2, -0.15) is 0 Å². The van der Waals surface area contributed by atoms with Gasteiger partial charge in [-0.3, -0.25) is 0 Å². The van der Waals surface area contributed by atoms with Crippen LogP contribution in [0.25, 0.3) is 0 Å². The smallest absolute Gasteiger partial charge is 0.407 e. The first kappa shape index (κ1) is 13.4. The first-order chi connectivity index (χ1) is 8.31. The predicted molar refractivity (Wildman–Crippen MR) is 71.4 cm³/mol. The highest BCUT2D eigenvalue weighted by Crippen LogP contribution is 2.40. The van der Waals surface area contributed by atoms with Crippen molar-refractivity contribution in [2.45, 2.75) is 45.8 Å². The number of amides is 1. The van der Waals surface area contributed by atoms with Crippen LogP contribution in [0.1, 0.15) is 34.1 Å². The van der Waals surface area contributed by atoms with Crippen molar-refractivity contribution in [1.29, 1.82) is 0 Å². The molecule has 1 fully saturated rings. The van der Waals surface area contributed by atoms with Gasteiger partial charge in [0.1, 0.15) is 5.60 Å². The van der Waals surface area contributed by atoms with Gasteiger partial charge < -0.3 is 15.4 Å². The third-order valence-electron chi connectivity index (χ3n) is 3.94. The van der Waals surface area contributed by atoms with Gasteiger partial charge in [-0.1, -0.05) is 19.1 Å². The second kappa shape index (κ2) is 4.57. The van der Waals surface area contributed by atoms with Gasteiger partial charge >= 0.3 is 6.09 Å². The topological polar surface area (TPSA) is 50.4 Å². The highest BCUT2D eigenvalue weighted by Gasteiger charge is 2.46. The molecule has 3 unspecified atom stereocenters. The number of carbonyl (C=O) groups is 1. The van der Waals surface area contributed by atoms with Crippen LogP contribution in [0.2, 0.25) is 0 Å². The van der Waals surface area contributed by atoms with Crippen LogP contribution in [0.3, 0.4) is 0 Å². The number of rotatable bonds is 1. The fraction of sp³-hybridized carbons (Fsp3) is 0.786. The van der Waals surface area contributed by atoms with Crippen molar-refractivity contribution in [3.8, 4) is 0 Å². The van der Waals surface area contributed by atoms with E-state index in [9.17, 15) is 4.79 Å². The minimum atomic E-state index is -0.442. The van der Waals surface area contributed by atoms with E-state index in [-0.39, 0.29) is 17.6 Å². The summed E-state index contributed by atoms with van der Waals surface area (Å²) >= 11 is 0. The van der Waals surface area contributed by atoms with Gasteiger partial charge in [0.2, 0.25) is 0 Å². The summed E-state index contributed by atoms with van der Waals surface area (Å²) in [4.78, 5) is 11.9. The van der Waals surface area contributed by atoms with Crippen LogP contribution in [-0.2, 0) is 4.74 Å². The molecular weight excluding hydrogens is 228 g/mol. The van der Waals surface area contributed by atoms with Gasteiger partial charge in [0, 0.05) is 24.5 Å². The maximum absolute atomic E-state index is 11.9. The summed E-state index contributed by atoms with van der Waals surface area (Å²) in [6.07, 6.45) is 5.01. The molecule has 0 bridgehead atoms. The summed E-state index contributed by atoms with van der Waals surface area (Å²) in [7, 11) is 0. The van der Waals surface area contributed by atoms with Crippen LogP contribution in [0.4, 0.5) is 4.79 Å². The van der Waals surface area contributed by atoms with Crippen molar-refractivity contribution < 1.29 is 9.53 Å². The maximum Gasteiger partial charge on any atom is 0.407 e. The minimum absolute atomic E-state index is 0.103. The molecule has 0 spiro atoms. The predicted octanol–water partition coefficient (Wildman–Crippen LogP) is 2.07. The Labute approximate surface area is 109 Å². The Morgan fingerprint density at radius 2 is 2.22 bits per heavy atom. The fourth-order valence-electron chi connectivity index (χ4n) is 2.85. The lowest BCUT2D eigenvalue weighted by Gasteiger charge is -2.40. The molecule has 1 amide bonds. The van der Waals surface area contributed by atoms with Crippen molar-refractivity contribution in [3.63, 3.8) is 0 Å². The van der Waals surface area contributed by atoms with E-state index in [2.05, 4.69) is 29.7 Å². The van der Waals surface area contributed by atoms with Gasteiger partial charge in [0.25, 0.3) is 0 Å². The molecule has 1 aliphatic carbocycles. The average molecular weight is 252 g/mol. The minimum Gasteiger partial charge on any atom is -0.444 e. The van der Waals surface area contributed by atoms with E-state index in [0.29, 0.717) is 5.92 Å². The highest BCUT2D eigenvalue weighted by atomic mass is 16.6. The lowest BCUT2D eigenvalue weighted by Crippen LogP contribution is -2.52. The Kier molecular flexibility index (Phi) is 3.41. The molecule has 102 valence electrons. The van der Waals surface area contributed by atoms with E-state index >= 15 is 0 Å². The number of nitrogens with one attached hydrogen (secondary N) is 2. The molecular formula is C14H24N2O2. The maximum atomic E-state index is 11.9. The first-order valence-electron chi connectivity index (χ1n) is 6.68. The molecule has 18 heavy (non-hydrogen) atoms. The summed E-state index contributed by atoms with van der Waals surface area (Å²) in [5.74, 6) is 0.506. The molecule has 0 saturated carbocycles. The van der Waals surface area contributed by atoms with Gasteiger partial charge in [0.15, 0.2) is 0 Å². The fourth-order valence-corrected chi connectivity index (χ4v) is 2.85. The Hall–Kier alpha value is -1.03. The number of hydrogen-bond acceptors (Lipinski definition) is 3. The number of hydrogen-bond donors (Lipinski definition) is 2. The average Bonchev–Trinajstić information content (AvgIpc) is 2.58. The lowest BCUT2D eigenvalue weighted by molar-refractivity contribution is 0.0438. The van der Waals surface area contributed by atoms with Crippen LogP contribution in [0.5, 0.6) is 0 Å². The first-order valence-corrected chi connectivity index (χ1v) is 6.68. The zero-order valence-electron chi connectivity index (χ0n) is 11.7. The van der Waals surface area contributed by atoms with Crippen molar-refractivity contribution in [2.75, 3.05) is 13.1 Å². The molecule has 1 heterocycles. The second-order valence-corrected chi connectivity index (χ2v) is 6.61. The third kappa shape index (κ3) is 2.69. The van der Waals surface area contributed by atoms with Crippen LogP contribution >= 0.6 is 0 Å². The van der Waals surface area contributed by atoms with E-state index in [4.69, 9.17) is 4.74 Å². The van der Waals surface area contributed by atoms with E-state index in [0.717, 1.165) is 19.5 Å². The molecule has 2 rings (SSSR count). The molecule has 2 N–H and O–H groups in total. The molecule has 1 aliphatic heterocycles. The quantitative estimate of drug-likeness (QED) is 0.702. The molecule has 4 heteroatoms. The Bertz CT molecular complexity index is 359. The summed E-state index contributed by atoms with van der Waals surface area (Å²) < 4.78 is 5.34. The third-order valence-corrected chi connectivity index (χ3v) is 3.94. The Morgan fingerprint density at radius 3 is 2.89 bits per heavy atom. The van der Waals surface area contributed by atoms with E-state index in [1.165, 1.54) is 0 Å². The van der Waals surface area contributed by atoms with Crippen molar-refractivity contribution in [1.82, 2.24) is 10.6 Å². The van der Waals surface area contributed by atoms with Gasteiger partial charge in [-0.25, -0.2) is 4.79 Å². The molecule has 4 nitrogen and oxygen atoms in total. The molecule has 2 aliphatic rings. The van der Waals surface area contributed by atoms with Crippen LogP contribution < -0.4 is 10.6 Å². The van der Waals surface area contributed by atoms with Crippen LogP contribution in [0, 0.1) is 11.3 Å². The summed E-state index contributed by atoms with van der Waals surface area (Å²) in [6.45, 7) is 9.84. The molecule has 0 radical (unpaired) electrons. The van der Waals surface area contributed by atoms with E-state index < -0.39 is 5.60 Å². The molecule has 0 aromatic rings. The normalized spacial score (nSPS) is 35.1. The van der Waals surface area contributed by atoms with Gasteiger partial charge in [0.05, 0.1) is 0 Å².